The van der Waals surface area contributed by atoms with Crippen molar-refractivity contribution in [1.29, 1.82) is 5.26 Å². The van der Waals surface area contributed by atoms with Crippen molar-refractivity contribution >= 4 is 28.9 Å². The Morgan fingerprint density at radius 3 is 2.71 bits per heavy atom. The second kappa shape index (κ2) is 4.41. The Labute approximate surface area is 91.9 Å². The van der Waals surface area contributed by atoms with Crippen LogP contribution in [0.5, 0.6) is 0 Å². The van der Waals surface area contributed by atoms with Crippen LogP contribution in [0.4, 0.5) is 8.78 Å². The molecule has 0 bridgehead atoms. The molecule has 0 atom stereocenters. The van der Waals surface area contributed by atoms with Crippen molar-refractivity contribution in [2.24, 2.45) is 0 Å². The lowest BCUT2D eigenvalue weighted by Gasteiger charge is -2.06. The molecular formula is C8H3F2IN2O. The quantitative estimate of drug-likeness (QED) is 0.478. The lowest BCUT2D eigenvalue weighted by Crippen LogP contribution is -2.02. The van der Waals surface area contributed by atoms with Gasteiger partial charge in [0.25, 0.3) is 6.43 Å². The molecule has 1 rings (SSSR count). The van der Waals surface area contributed by atoms with Crippen LogP contribution >= 0.6 is 22.6 Å². The van der Waals surface area contributed by atoms with Gasteiger partial charge in [-0.05, 0) is 22.6 Å². The van der Waals surface area contributed by atoms with Gasteiger partial charge in [-0.25, -0.2) is 13.8 Å². The van der Waals surface area contributed by atoms with Crippen molar-refractivity contribution in [1.82, 2.24) is 4.98 Å². The maximum atomic E-state index is 12.5. The summed E-state index contributed by atoms with van der Waals surface area (Å²) >= 11 is 1.67. The van der Waals surface area contributed by atoms with Crippen molar-refractivity contribution < 1.29 is 13.6 Å². The third-order valence-corrected chi connectivity index (χ3v) is 2.38. The first-order valence-corrected chi connectivity index (χ1v) is 4.51. The third kappa shape index (κ3) is 1.87. The first-order chi connectivity index (χ1) is 6.61. The van der Waals surface area contributed by atoms with Crippen LogP contribution in [0.1, 0.15) is 27.9 Å². The predicted octanol–water partition coefficient (Wildman–Crippen LogP) is 2.31. The van der Waals surface area contributed by atoms with E-state index in [0.717, 1.165) is 6.20 Å². The lowest BCUT2D eigenvalue weighted by molar-refractivity contribution is 0.110. The molecule has 3 nitrogen and oxygen atoms in total. The highest BCUT2D eigenvalue weighted by atomic mass is 127. The molecule has 14 heavy (non-hydrogen) atoms. The van der Waals surface area contributed by atoms with Crippen LogP contribution in [-0.2, 0) is 0 Å². The van der Waals surface area contributed by atoms with E-state index >= 15 is 0 Å². The molecule has 0 aromatic carbocycles. The summed E-state index contributed by atoms with van der Waals surface area (Å²) in [5.41, 5.74) is -1.01. The standard InChI is InChI=1S/C8H3F2IN2O/c9-7(10)6-4(3-14)2-13-8(11)5(6)1-12/h2-3,7H. The normalized spacial score (nSPS) is 9.93. The van der Waals surface area contributed by atoms with Crippen molar-refractivity contribution in [2.45, 2.75) is 6.43 Å². The Balaban J connectivity index is 3.54. The number of carbonyl (C=O) groups excluding carboxylic acids is 1. The molecule has 0 aliphatic carbocycles. The number of nitriles is 1. The van der Waals surface area contributed by atoms with Crippen LogP contribution in [0, 0.1) is 15.0 Å². The number of pyridine rings is 1. The van der Waals surface area contributed by atoms with Crippen LogP contribution < -0.4 is 0 Å². The highest BCUT2D eigenvalue weighted by Gasteiger charge is 2.20. The van der Waals surface area contributed by atoms with E-state index < -0.39 is 12.0 Å². The summed E-state index contributed by atoms with van der Waals surface area (Å²) in [5, 5.41) is 8.62. The van der Waals surface area contributed by atoms with Gasteiger partial charge in [-0.1, -0.05) is 0 Å². The molecule has 1 aromatic rings. The molecule has 0 fully saturated rings. The number of nitrogens with zero attached hydrogens (tertiary/aromatic N) is 2. The largest absolute Gasteiger partial charge is 0.298 e. The van der Waals surface area contributed by atoms with Crippen LogP contribution in [0.15, 0.2) is 6.20 Å². The molecule has 0 spiro atoms. The first-order valence-electron chi connectivity index (χ1n) is 3.43. The number of halogens is 3. The van der Waals surface area contributed by atoms with Gasteiger partial charge >= 0.3 is 0 Å². The van der Waals surface area contributed by atoms with Gasteiger partial charge in [0.1, 0.15) is 9.77 Å². The average Bonchev–Trinajstić information content (AvgIpc) is 2.17. The van der Waals surface area contributed by atoms with E-state index in [1.165, 1.54) is 0 Å². The van der Waals surface area contributed by atoms with Gasteiger partial charge in [0.15, 0.2) is 6.29 Å². The minimum atomic E-state index is -2.85. The molecule has 1 aromatic heterocycles. The van der Waals surface area contributed by atoms with E-state index in [1.807, 2.05) is 0 Å². The average molecular weight is 308 g/mol. The topological polar surface area (TPSA) is 53.8 Å². The van der Waals surface area contributed by atoms with E-state index in [-0.39, 0.29) is 21.1 Å². The second-order valence-electron chi connectivity index (χ2n) is 2.32. The number of hydrogen-bond acceptors (Lipinski definition) is 3. The first kappa shape index (κ1) is 11.0. The van der Waals surface area contributed by atoms with E-state index in [0.29, 0.717) is 0 Å². The number of hydrogen-bond donors (Lipinski definition) is 0. The lowest BCUT2D eigenvalue weighted by atomic mass is 10.1. The van der Waals surface area contributed by atoms with Gasteiger partial charge in [-0.3, -0.25) is 4.79 Å². The smallest absolute Gasteiger partial charge is 0.265 e. The maximum absolute atomic E-state index is 12.5. The summed E-state index contributed by atoms with van der Waals surface area (Å²) in [6.07, 6.45) is -1.54. The minimum Gasteiger partial charge on any atom is -0.298 e. The molecule has 0 aliphatic rings. The van der Waals surface area contributed by atoms with Crippen molar-refractivity contribution in [2.75, 3.05) is 0 Å². The van der Waals surface area contributed by atoms with E-state index in [9.17, 15) is 13.6 Å². The Bertz CT molecular complexity index is 415. The van der Waals surface area contributed by atoms with Crippen LogP contribution in [0.2, 0.25) is 0 Å². The van der Waals surface area contributed by atoms with Crippen molar-refractivity contribution in [3.63, 3.8) is 0 Å². The van der Waals surface area contributed by atoms with Crippen molar-refractivity contribution in [3.8, 4) is 6.07 Å². The zero-order chi connectivity index (χ0) is 10.7. The van der Waals surface area contributed by atoms with Crippen molar-refractivity contribution in [3.05, 3.63) is 26.6 Å². The second-order valence-corrected chi connectivity index (χ2v) is 3.35. The number of aldehydes is 1. The molecule has 0 saturated heterocycles. The highest BCUT2D eigenvalue weighted by molar-refractivity contribution is 14.1. The summed E-state index contributed by atoms with van der Waals surface area (Å²) < 4.78 is 25.2. The zero-order valence-corrected chi connectivity index (χ0v) is 8.83. The van der Waals surface area contributed by atoms with Crippen LogP contribution in [0.3, 0.4) is 0 Å². The number of carbonyl (C=O) groups is 1. The fourth-order valence-electron chi connectivity index (χ4n) is 0.951. The third-order valence-electron chi connectivity index (χ3n) is 1.56. The maximum Gasteiger partial charge on any atom is 0.265 e. The monoisotopic (exact) mass is 308 g/mol. The Kier molecular flexibility index (Phi) is 3.46. The molecule has 0 N–H and O–H groups in total. The van der Waals surface area contributed by atoms with E-state index in [1.54, 1.807) is 28.7 Å². The van der Waals surface area contributed by atoms with Gasteiger partial charge in [-0.15, -0.1) is 0 Å². The zero-order valence-electron chi connectivity index (χ0n) is 6.67. The van der Waals surface area contributed by atoms with Gasteiger partial charge in [0.05, 0.1) is 11.1 Å². The number of alkyl halides is 2. The summed E-state index contributed by atoms with van der Waals surface area (Å²) in [5.74, 6) is 0. The fourth-order valence-corrected chi connectivity index (χ4v) is 1.50. The summed E-state index contributed by atoms with van der Waals surface area (Å²) in [7, 11) is 0. The molecule has 0 aliphatic heterocycles. The molecule has 0 radical (unpaired) electrons. The number of rotatable bonds is 2. The Hall–Kier alpha value is -1.10. The summed E-state index contributed by atoms with van der Waals surface area (Å²) in [4.78, 5) is 14.1. The van der Waals surface area contributed by atoms with Gasteiger partial charge < -0.3 is 0 Å². The summed E-state index contributed by atoms with van der Waals surface area (Å²) in [6.45, 7) is 0. The predicted molar refractivity (Wildman–Crippen MR) is 52.0 cm³/mol. The highest BCUT2D eigenvalue weighted by Crippen LogP contribution is 2.27. The van der Waals surface area contributed by atoms with E-state index in [2.05, 4.69) is 4.98 Å². The number of aromatic nitrogens is 1. The molecule has 0 saturated carbocycles. The fraction of sp³-hybridized carbons (Fsp3) is 0.125. The molecule has 0 amide bonds. The Morgan fingerprint density at radius 1 is 1.64 bits per heavy atom. The van der Waals surface area contributed by atoms with Crippen LogP contribution in [0.25, 0.3) is 0 Å². The molecule has 1 heterocycles. The molecular weight excluding hydrogens is 305 g/mol. The van der Waals surface area contributed by atoms with Gasteiger partial charge in [0.2, 0.25) is 0 Å². The van der Waals surface area contributed by atoms with Gasteiger partial charge in [-0.2, -0.15) is 5.26 Å². The molecule has 72 valence electrons. The van der Waals surface area contributed by atoms with Gasteiger partial charge in [0, 0.05) is 11.8 Å². The SMILES string of the molecule is N#Cc1c(I)ncc(C=O)c1C(F)F. The Morgan fingerprint density at radius 2 is 2.29 bits per heavy atom. The minimum absolute atomic E-state index is 0.172. The summed E-state index contributed by atoms with van der Waals surface area (Å²) in [6, 6.07) is 1.61. The molecule has 6 heteroatoms. The van der Waals surface area contributed by atoms with E-state index in [4.69, 9.17) is 5.26 Å². The van der Waals surface area contributed by atoms with Crippen LogP contribution in [-0.4, -0.2) is 11.3 Å². The molecule has 0 unspecified atom stereocenters.